The van der Waals surface area contributed by atoms with Gasteiger partial charge in [-0.15, -0.1) is 0 Å². The van der Waals surface area contributed by atoms with E-state index in [-0.39, 0.29) is 29.6 Å². The summed E-state index contributed by atoms with van der Waals surface area (Å²) in [5, 5.41) is 16.0. The van der Waals surface area contributed by atoms with E-state index < -0.39 is 14.9 Å². The van der Waals surface area contributed by atoms with E-state index in [2.05, 4.69) is 5.32 Å². The fraction of sp³-hybridized carbons (Fsp3) is 0.261. The molecule has 0 aromatic heterocycles. The highest BCUT2D eigenvalue weighted by Gasteiger charge is 2.29. The molecule has 10 heteroatoms. The van der Waals surface area contributed by atoms with Crippen LogP contribution in [0, 0.1) is 10.1 Å². The van der Waals surface area contributed by atoms with E-state index in [0.29, 0.717) is 26.1 Å². The van der Waals surface area contributed by atoms with Gasteiger partial charge < -0.3 is 10.2 Å². The third-order valence-electron chi connectivity index (χ3n) is 5.72. The zero-order valence-electron chi connectivity index (χ0n) is 17.9. The van der Waals surface area contributed by atoms with Crippen molar-refractivity contribution in [3.8, 4) is 0 Å². The number of nitro benzene ring substituents is 1. The number of carbonyl (C=O) groups is 1. The van der Waals surface area contributed by atoms with Gasteiger partial charge in [-0.2, -0.15) is 4.31 Å². The summed E-state index contributed by atoms with van der Waals surface area (Å²) in [6, 6.07) is 18.7. The maximum Gasteiger partial charge on any atom is 0.270 e. The summed E-state index contributed by atoms with van der Waals surface area (Å²) in [7, 11) is -3.81. The second kappa shape index (κ2) is 9.65. The third kappa shape index (κ3) is 5.19. The number of fused-ring (bicyclic) bond motifs is 1. The molecule has 1 aliphatic heterocycles. The van der Waals surface area contributed by atoms with E-state index in [4.69, 9.17) is 0 Å². The molecule has 0 bridgehead atoms. The molecule has 33 heavy (non-hydrogen) atoms. The lowest BCUT2D eigenvalue weighted by atomic mass is 10.1. The van der Waals surface area contributed by atoms with E-state index in [9.17, 15) is 23.3 Å². The Hall–Kier alpha value is -3.34. The molecular weight excluding hydrogens is 444 g/mol. The van der Waals surface area contributed by atoms with E-state index in [1.165, 1.54) is 22.5 Å². The minimum Gasteiger partial charge on any atom is -0.325 e. The summed E-state index contributed by atoms with van der Waals surface area (Å²) in [4.78, 5) is 24.8. The van der Waals surface area contributed by atoms with Crippen molar-refractivity contribution in [1.29, 1.82) is 0 Å². The number of nitrogens with one attached hydrogen (secondary N) is 1. The molecule has 172 valence electrons. The molecule has 1 fully saturated rings. The Morgan fingerprint density at radius 1 is 0.970 bits per heavy atom. The van der Waals surface area contributed by atoms with E-state index in [1.807, 2.05) is 47.4 Å². The van der Waals surface area contributed by atoms with Crippen molar-refractivity contribution < 1.29 is 18.1 Å². The summed E-state index contributed by atoms with van der Waals surface area (Å²) >= 11 is 0. The number of amides is 1. The van der Waals surface area contributed by atoms with Gasteiger partial charge in [0.05, 0.1) is 9.82 Å². The zero-order valence-corrected chi connectivity index (χ0v) is 18.7. The Balaban J connectivity index is 1.31. The number of piperazine rings is 1. The van der Waals surface area contributed by atoms with Gasteiger partial charge in [0.25, 0.3) is 5.69 Å². The molecule has 0 saturated carbocycles. The van der Waals surface area contributed by atoms with E-state index in [0.717, 1.165) is 22.5 Å². The molecule has 1 N–H and O–H groups in total. The lowest BCUT2D eigenvalue weighted by Crippen LogP contribution is -2.49. The Morgan fingerprint density at radius 2 is 1.67 bits per heavy atom. The first-order valence-corrected chi connectivity index (χ1v) is 12.0. The first-order valence-electron chi connectivity index (χ1n) is 10.6. The number of non-ortho nitro benzene ring substituents is 1. The van der Waals surface area contributed by atoms with Crippen LogP contribution in [0.3, 0.4) is 0 Å². The number of rotatable bonds is 7. The van der Waals surface area contributed by atoms with Gasteiger partial charge >= 0.3 is 0 Å². The molecule has 1 aliphatic rings. The smallest absolute Gasteiger partial charge is 0.270 e. The van der Waals surface area contributed by atoms with Crippen LogP contribution >= 0.6 is 0 Å². The van der Waals surface area contributed by atoms with Gasteiger partial charge in [-0.1, -0.05) is 42.5 Å². The predicted octanol–water partition coefficient (Wildman–Crippen LogP) is 3.08. The molecule has 0 aliphatic carbocycles. The van der Waals surface area contributed by atoms with Crippen LogP contribution < -0.4 is 5.32 Å². The average molecular weight is 469 g/mol. The Labute approximate surface area is 191 Å². The summed E-state index contributed by atoms with van der Waals surface area (Å²) < 4.78 is 27.1. The number of hydrogen-bond acceptors (Lipinski definition) is 6. The normalized spacial score (nSPS) is 15.4. The van der Waals surface area contributed by atoms with Crippen LogP contribution in [0.4, 0.5) is 11.4 Å². The second-order valence-corrected chi connectivity index (χ2v) is 9.76. The SMILES string of the molecule is O=C(CCN1CCN(S(=O)(=O)c2cccc([N+](=O)[O-])c2)CC1)Nc1cccc2ccccc12. The molecule has 4 rings (SSSR count). The number of anilines is 1. The van der Waals surface area contributed by atoms with Crippen LogP contribution in [0.25, 0.3) is 10.8 Å². The first-order chi connectivity index (χ1) is 15.8. The van der Waals surface area contributed by atoms with Crippen LogP contribution in [0.5, 0.6) is 0 Å². The van der Waals surface area contributed by atoms with Crippen LogP contribution in [0.2, 0.25) is 0 Å². The third-order valence-corrected chi connectivity index (χ3v) is 7.61. The molecule has 3 aromatic rings. The Bertz CT molecular complexity index is 1280. The van der Waals surface area contributed by atoms with Crippen molar-refractivity contribution in [2.24, 2.45) is 0 Å². The van der Waals surface area contributed by atoms with Gasteiger partial charge in [0, 0.05) is 62.4 Å². The van der Waals surface area contributed by atoms with Crippen molar-refractivity contribution in [2.75, 3.05) is 38.0 Å². The van der Waals surface area contributed by atoms with Crippen molar-refractivity contribution in [2.45, 2.75) is 11.3 Å². The average Bonchev–Trinajstić information content (AvgIpc) is 2.83. The minimum absolute atomic E-state index is 0.0837. The van der Waals surface area contributed by atoms with Crippen molar-refractivity contribution >= 4 is 38.1 Å². The molecular formula is C23H24N4O5S. The fourth-order valence-electron chi connectivity index (χ4n) is 3.91. The Morgan fingerprint density at radius 3 is 2.42 bits per heavy atom. The van der Waals surface area contributed by atoms with Crippen LogP contribution in [-0.2, 0) is 14.8 Å². The molecule has 3 aromatic carbocycles. The molecule has 0 spiro atoms. The van der Waals surface area contributed by atoms with Crippen molar-refractivity contribution in [3.63, 3.8) is 0 Å². The zero-order chi connectivity index (χ0) is 23.4. The maximum absolute atomic E-state index is 12.9. The number of nitro groups is 1. The summed E-state index contributed by atoms with van der Waals surface area (Å²) in [6.45, 7) is 2.00. The molecule has 0 radical (unpaired) electrons. The second-order valence-electron chi connectivity index (χ2n) is 7.83. The first kappa shape index (κ1) is 22.8. The molecule has 1 saturated heterocycles. The lowest BCUT2D eigenvalue weighted by molar-refractivity contribution is -0.385. The summed E-state index contributed by atoms with van der Waals surface area (Å²) in [6.07, 6.45) is 0.293. The summed E-state index contributed by atoms with van der Waals surface area (Å²) in [5.41, 5.74) is 0.512. The van der Waals surface area contributed by atoms with Crippen LogP contribution in [0.15, 0.2) is 71.6 Å². The summed E-state index contributed by atoms with van der Waals surface area (Å²) in [5.74, 6) is -0.0991. The number of carbonyl (C=O) groups excluding carboxylic acids is 1. The van der Waals surface area contributed by atoms with E-state index >= 15 is 0 Å². The van der Waals surface area contributed by atoms with Crippen LogP contribution in [-0.4, -0.2) is 61.2 Å². The van der Waals surface area contributed by atoms with Crippen LogP contribution in [0.1, 0.15) is 6.42 Å². The lowest BCUT2D eigenvalue weighted by Gasteiger charge is -2.33. The van der Waals surface area contributed by atoms with E-state index in [1.54, 1.807) is 0 Å². The molecule has 1 amide bonds. The largest absolute Gasteiger partial charge is 0.325 e. The Kier molecular flexibility index (Phi) is 6.68. The standard InChI is InChI=1S/C23H24N4O5S/c28-23(24-22-10-3-6-18-5-1-2-9-21(18)22)11-12-25-13-15-26(16-14-25)33(31,32)20-8-4-7-19(17-20)27(29)30/h1-10,17H,11-16H2,(H,24,28). The quantitative estimate of drug-likeness (QED) is 0.421. The monoisotopic (exact) mass is 468 g/mol. The minimum atomic E-state index is -3.81. The van der Waals surface area contributed by atoms with Gasteiger partial charge in [-0.3, -0.25) is 14.9 Å². The number of hydrogen-bond donors (Lipinski definition) is 1. The number of sulfonamides is 1. The van der Waals surface area contributed by atoms with Crippen molar-refractivity contribution in [1.82, 2.24) is 9.21 Å². The number of nitrogens with zero attached hydrogens (tertiary/aromatic N) is 3. The highest BCUT2D eigenvalue weighted by molar-refractivity contribution is 7.89. The van der Waals surface area contributed by atoms with Gasteiger partial charge in [0.15, 0.2) is 0 Å². The molecule has 0 unspecified atom stereocenters. The number of benzene rings is 3. The predicted molar refractivity (Wildman–Crippen MR) is 125 cm³/mol. The topological polar surface area (TPSA) is 113 Å². The highest BCUT2D eigenvalue weighted by Crippen LogP contribution is 2.24. The molecule has 0 atom stereocenters. The van der Waals surface area contributed by atoms with Gasteiger partial charge in [0.1, 0.15) is 0 Å². The van der Waals surface area contributed by atoms with Gasteiger partial charge in [-0.05, 0) is 17.5 Å². The van der Waals surface area contributed by atoms with Crippen molar-refractivity contribution in [3.05, 3.63) is 76.8 Å². The molecule has 9 nitrogen and oxygen atoms in total. The van der Waals surface area contributed by atoms with Gasteiger partial charge in [-0.25, -0.2) is 8.42 Å². The fourth-order valence-corrected chi connectivity index (χ4v) is 5.37. The highest BCUT2D eigenvalue weighted by atomic mass is 32.2. The van der Waals surface area contributed by atoms with Gasteiger partial charge in [0.2, 0.25) is 15.9 Å². The molecule has 1 heterocycles. The maximum atomic E-state index is 12.9.